The fourth-order valence-electron chi connectivity index (χ4n) is 2.16. The van der Waals surface area contributed by atoms with Crippen LogP contribution in [0.4, 0.5) is 5.69 Å². The van der Waals surface area contributed by atoms with Crippen molar-refractivity contribution in [2.75, 3.05) is 18.1 Å². The van der Waals surface area contributed by atoms with E-state index in [0.29, 0.717) is 5.56 Å². The van der Waals surface area contributed by atoms with Gasteiger partial charge in [0, 0.05) is 6.54 Å². The van der Waals surface area contributed by atoms with Crippen molar-refractivity contribution in [2.24, 2.45) is 0 Å². The summed E-state index contributed by atoms with van der Waals surface area (Å²) in [5.41, 5.74) is 1.65. The van der Waals surface area contributed by atoms with Gasteiger partial charge in [-0.25, -0.2) is 0 Å². The molecule has 1 atom stereocenters. The quantitative estimate of drug-likeness (QED) is 0.791. The number of nitriles is 1. The second-order valence-electron chi connectivity index (χ2n) is 3.80. The van der Waals surface area contributed by atoms with E-state index in [0.717, 1.165) is 25.1 Å². The van der Waals surface area contributed by atoms with Crippen LogP contribution in [0.15, 0.2) is 24.3 Å². The summed E-state index contributed by atoms with van der Waals surface area (Å²) in [6.07, 6.45) is 2.10. The molecule has 0 amide bonds. The van der Waals surface area contributed by atoms with Crippen LogP contribution in [0.1, 0.15) is 18.4 Å². The average Bonchev–Trinajstić information content (AvgIpc) is 2.76. The first-order valence-corrected chi connectivity index (χ1v) is 5.23. The van der Waals surface area contributed by atoms with E-state index in [2.05, 4.69) is 11.0 Å². The van der Waals surface area contributed by atoms with E-state index in [1.165, 1.54) is 0 Å². The predicted octanol–water partition coefficient (Wildman–Crippen LogP) is 1.52. The molecule has 2 rings (SSSR count). The molecule has 0 aliphatic carbocycles. The third-order valence-corrected chi connectivity index (χ3v) is 2.92. The van der Waals surface area contributed by atoms with E-state index >= 15 is 0 Å². The zero-order chi connectivity index (χ0) is 10.7. The lowest BCUT2D eigenvalue weighted by molar-refractivity contribution is 0.266. The van der Waals surface area contributed by atoms with Gasteiger partial charge in [0.15, 0.2) is 0 Å². The number of nitrogens with zero attached hydrogens (tertiary/aromatic N) is 2. The number of aliphatic hydroxyl groups excluding tert-OH is 1. The molecular weight excluding hydrogens is 188 g/mol. The lowest BCUT2D eigenvalue weighted by atomic mass is 10.1. The summed E-state index contributed by atoms with van der Waals surface area (Å²) in [4.78, 5) is 2.14. The van der Waals surface area contributed by atoms with Crippen molar-refractivity contribution in [3.8, 4) is 6.07 Å². The molecule has 0 radical (unpaired) electrons. The smallest absolute Gasteiger partial charge is 0.101 e. The van der Waals surface area contributed by atoms with Crippen molar-refractivity contribution in [3.63, 3.8) is 0 Å². The summed E-state index contributed by atoms with van der Waals surface area (Å²) in [5.74, 6) is 0. The molecule has 0 saturated carbocycles. The van der Waals surface area contributed by atoms with Gasteiger partial charge >= 0.3 is 0 Å². The molecule has 1 N–H and O–H groups in total. The van der Waals surface area contributed by atoms with Crippen LogP contribution in [-0.2, 0) is 0 Å². The van der Waals surface area contributed by atoms with Gasteiger partial charge in [0.1, 0.15) is 6.07 Å². The fraction of sp³-hybridized carbons (Fsp3) is 0.417. The van der Waals surface area contributed by atoms with Crippen LogP contribution >= 0.6 is 0 Å². The van der Waals surface area contributed by atoms with E-state index in [1.54, 1.807) is 0 Å². The number of aliphatic hydroxyl groups is 1. The molecule has 0 bridgehead atoms. The Balaban J connectivity index is 2.33. The summed E-state index contributed by atoms with van der Waals surface area (Å²) >= 11 is 0. The zero-order valence-electron chi connectivity index (χ0n) is 8.56. The summed E-state index contributed by atoms with van der Waals surface area (Å²) < 4.78 is 0. The number of hydrogen-bond donors (Lipinski definition) is 1. The molecule has 1 unspecified atom stereocenters. The van der Waals surface area contributed by atoms with Gasteiger partial charge in [0.25, 0.3) is 0 Å². The average molecular weight is 202 g/mol. The molecule has 1 aliphatic heterocycles. The Kier molecular flexibility index (Phi) is 2.89. The topological polar surface area (TPSA) is 47.3 Å². The highest BCUT2D eigenvalue weighted by Crippen LogP contribution is 2.27. The highest BCUT2D eigenvalue weighted by atomic mass is 16.3. The van der Waals surface area contributed by atoms with E-state index < -0.39 is 0 Å². The van der Waals surface area contributed by atoms with Crippen LogP contribution in [0, 0.1) is 11.3 Å². The number of rotatable bonds is 2. The number of benzene rings is 1. The summed E-state index contributed by atoms with van der Waals surface area (Å²) in [6.45, 7) is 1.10. The Morgan fingerprint density at radius 1 is 1.47 bits per heavy atom. The standard InChI is InChI=1S/C12H14N2O/c13-8-10-4-1-2-6-12(10)14-7-3-5-11(14)9-15/h1-2,4,6,11,15H,3,5,7,9H2. The van der Waals surface area contributed by atoms with Gasteiger partial charge in [0.05, 0.1) is 23.9 Å². The van der Waals surface area contributed by atoms with Crippen molar-refractivity contribution in [3.05, 3.63) is 29.8 Å². The SMILES string of the molecule is N#Cc1ccccc1N1CCCC1CO. The molecule has 1 fully saturated rings. The van der Waals surface area contributed by atoms with Crippen LogP contribution < -0.4 is 4.90 Å². The maximum atomic E-state index is 9.24. The van der Waals surface area contributed by atoms with Crippen LogP contribution in [-0.4, -0.2) is 24.3 Å². The zero-order valence-corrected chi connectivity index (χ0v) is 8.56. The van der Waals surface area contributed by atoms with Crippen LogP contribution in [0.5, 0.6) is 0 Å². The molecule has 1 aromatic carbocycles. The Morgan fingerprint density at radius 2 is 2.27 bits per heavy atom. The van der Waals surface area contributed by atoms with E-state index in [9.17, 15) is 5.11 Å². The fourth-order valence-corrected chi connectivity index (χ4v) is 2.16. The molecule has 1 saturated heterocycles. The minimum absolute atomic E-state index is 0.166. The summed E-state index contributed by atoms with van der Waals surface area (Å²) in [6, 6.07) is 9.95. The first-order chi connectivity index (χ1) is 7.36. The third kappa shape index (κ3) is 1.81. The Labute approximate surface area is 89.6 Å². The first kappa shape index (κ1) is 10.0. The Morgan fingerprint density at radius 3 is 3.00 bits per heavy atom. The Hall–Kier alpha value is -1.53. The minimum atomic E-state index is 0.166. The van der Waals surface area contributed by atoms with Gasteiger partial charge in [-0.2, -0.15) is 5.26 Å². The van der Waals surface area contributed by atoms with Crippen LogP contribution in [0.2, 0.25) is 0 Å². The highest BCUT2D eigenvalue weighted by Gasteiger charge is 2.25. The lowest BCUT2D eigenvalue weighted by Gasteiger charge is -2.25. The maximum Gasteiger partial charge on any atom is 0.101 e. The maximum absolute atomic E-state index is 9.24. The highest BCUT2D eigenvalue weighted by molar-refractivity contribution is 5.60. The number of para-hydroxylation sites is 1. The molecule has 78 valence electrons. The van der Waals surface area contributed by atoms with E-state index in [-0.39, 0.29) is 12.6 Å². The van der Waals surface area contributed by atoms with Crippen LogP contribution in [0.25, 0.3) is 0 Å². The first-order valence-electron chi connectivity index (χ1n) is 5.23. The molecule has 3 heteroatoms. The van der Waals surface area contributed by atoms with Gasteiger partial charge in [-0.15, -0.1) is 0 Å². The van der Waals surface area contributed by atoms with Gasteiger partial charge < -0.3 is 10.0 Å². The molecular formula is C12H14N2O. The number of hydrogen-bond acceptors (Lipinski definition) is 3. The summed E-state index contributed by atoms with van der Waals surface area (Å²) in [7, 11) is 0. The van der Waals surface area contributed by atoms with Crippen LogP contribution in [0.3, 0.4) is 0 Å². The molecule has 3 nitrogen and oxygen atoms in total. The molecule has 1 heterocycles. The summed E-state index contributed by atoms with van der Waals surface area (Å²) in [5, 5.41) is 18.2. The largest absolute Gasteiger partial charge is 0.394 e. The number of anilines is 1. The Bertz CT molecular complexity index is 383. The third-order valence-electron chi connectivity index (χ3n) is 2.92. The predicted molar refractivity (Wildman–Crippen MR) is 58.6 cm³/mol. The normalized spacial score (nSPS) is 20.3. The molecule has 0 aromatic heterocycles. The van der Waals surface area contributed by atoms with Gasteiger partial charge in [-0.1, -0.05) is 12.1 Å². The molecule has 0 spiro atoms. The van der Waals surface area contributed by atoms with Crippen molar-refractivity contribution >= 4 is 5.69 Å². The molecule has 1 aromatic rings. The lowest BCUT2D eigenvalue weighted by Crippen LogP contribution is -2.32. The van der Waals surface area contributed by atoms with Crippen molar-refractivity contribution in [1.29, 1.82) is 5.26 Å². The monoisotopic (exact) mass is 202 g/mol. The molecule has 1 aliphatic rings. The molecule has 15 heavy (non-hydrogen) atoms. The second kappa shape index (κ2) is 4.33. The van der Waals surface area contributed by atoms with Gasteiger partial charge in [-0.3, -0.25) is 0 Å². The van der Waals surface area contributed by atoms with Gasteiger partial charge in [0.2, 0.25) is 0 Å². The minimum Gasteiger partial charge on any atom is -0.394 e. The van der Waals surface area contributed by atoms with Crippen molar-refractivity contribution in [2.45, 2.75) is 18.9 Å². The van der Waals surface area contributed by atoms with Crippen molar-refractivity contribution < 1.29 is 5.11 Å². The van der Waals surface area contributed by atoms with E-state index in [1.807, 2.05) is 24.3 Å². The van der Waals surface area contributed by atoms with Gasteiger partial charge in [-0.05, 0) is 25.0 Å². The van der Waals surface area contributed by atoms with Crippen molar-refractivity contribution in [1.82, 2.24) is 0 Å². The van der Waals surface area contributed by atoms with E-state index in [4.69, 9.17) is 5.26 Å². The second-order valence-corrected chi connectivity index (χ2v) is 3.80.